The molecule has 1 aromatic carbocycles. The zero-order valence-electron chi connectivity index (χ0n) is 10.1. The Hall–Kier alpha value is -1.55. The monoisotopic (exact) mass is 234 g/mol. The average Bonchev–Trinajstić information content (AvgIpc) is 2.60. The summed E-state index contributed by atoms with van der Waals surface area (Å²) in [4.78, 5) is 14.2. The molecule has 1 saturated heterocycles. The molecule has 4 heteroatoms. The van der Waals surface area contributed by atoms with Gasteiger partial charge in [0.1, 0.15) is 0 Å². The number of nitrogens with two attached hydrogens (primary N) is 1. The smallest absolute Gasteiger partial charge is 0.254 e. The van der Waals surface area contributed by atoms with Gasteiger partial charge < -0.3 is 15.4 Å². The van der Waals surface area contributed by atoms with E-state index < -0.39 is 0 Å². The van der Waals surface area contributed by atoms with E-state index in [9.17, 15) is 4.79 Å². The van der Waals surface area contributed by atoms with Gasteiger partial charge in [-0.25, -0.2) is 0 Å². The maximum atomic E-state index is 12.3. The first-order valence-corrected chi connectivity index (χ1v) is 5.92. The van der Waals surface area contributed by atoms with Crippen LogP contribution >= 0.6 is 0 Å². The molecule has 92 valence electrons. The van der Waals surface area contributed by atoms with Crippen LogP contribution in [0, 0.1) is 6.92 Å². The summed E-state index contributed by atoms with van der Waals surface area (Å²) in [5.74, 6) is 0.0558. The summed E-state index contributed by atoms with van der Waals surface area (Å²) in [6.45, 7) is 4.66. The van der Waals surface area contributed by atoms with Crippen molar-refractivity contribution in [2.45, 2.75) is 13.3 Å². The molecule has 0 atom stereocenters. The zero-order chi connectivity index (χ0) is 12.3. The number of rotatable bonds is 1. The summed E-state index contributed by atoms with van der Waals surface area (Å²) < 4.78 is 5.35. The molecule has 1 aliphatic rings. The van der Waals surface area contributed by atoms with Crippen molar-refractivity contribution >= 4 is 11.6 Å². The van der Waals surface area contributed by atoms with E-state index in [1.807, 2.05) is 30.0 Å². The van der Waals surface area contributed by atoms with E-state index in [1.165, 1.54) is 0 Å². The first kappa shape index (κ1) is 11.9. The van der Waals surface area contributed by atoms with Gasteiger partial charge in [-0.3, -0.25) is 4.79 Å². The van der Waals surface area contributed by atoms with Crippen LogP contribution in [0.4, 0.5) is 5.69 Å². The minimum Gasteiger partial charge on any atom is -0.398 e. The normalized spacial score (nSPS) is 16.6. The molecule has 1 heterocycles. The first-order chi connectivity index (χ1) is 8.20. The molecule has 2 N–H and O–H groups in total. The predicted octanol–water partition coefficient (Wildman–Crippen LogP) is 1.44. The van der Waals surface area contributed by atoms with Crippen LogP contribution in [-0.2, 0) is 4.74 Å². The number of hydrogen-bond donors (Lipinski definition) is 1. The largest absolute Gasteiger partial charge is 0.398 e. The van der Waals surface area contributed by atoms with Gasteiger partial charge in [-0.05, 0) is 31.0 Å². The maximum Gasteiger partial charge on any atom is 0.254 e. The molecule has 0 bridgehead atoms. The van der Waals surface area contributed by atoms with E-state index in [-0.39, 0.29) is 5.91 Å². The molecule has 0 aliphatic carbocycles. The van der Waals surface area contributed by atoms with Crippen LogP contribution in [0.15, 0.2) is 18.2 Å². The average molecular weight is 234 g/mol. The molecule has 0 unspecified atom stereocenters. The number of benzene rings is 1. The van der Waals surface area contributed by atoms with Crippen molar-refractivity contribution in [1.29, 1.82) is 0 Å². The zero-order valence-corrected chi connectivity index (χ0v) is 10.1. The maximum absolute atomic E-state index is 12.3. The number of hydrogen-bond acceptors (Lipinski definition) is 3. The lowest BCUT2D eigenvalue weighted by Gasteiger charge is -2.21. The number of anilines is 1. The van der Waals surface area contributed by atoms with Gasteiger partial charge >= 0.3 is 0 Å². The summed E-state index contributed by atoms with van der Waals surface area (Å²) in [5.41, 5.74) is 8.06. The van der Waals surface area contributed by atoms with Gasteiger partial charge in [0.05, 0.1) is 6.61 Å². The summed E-state index contributed by atoms with van der Waals surface area (Å²) in [6, 6.07) is 5.47. The topological polar surface area (TPSA) is 55.6 Å². The Morgan fingerprint density at radius 2 is 2.18 bits per heavy atom. The molecule has 0 aromatic heterocycles. The minimum atomic E-state index is 0.0558. The quantitative estimate of drug-likeness (QED) is 0.748. The highest BCUT2D eigenvalue weighted by atomic mass is 16.5. The number of nitrogen functional groups attached to an aromatic ring is 1. The fourth-order valence-corrected chi connectivity index (χ4v) is 2.00. The van der Waals surface area contributed by atoms with E-state index in [0.29, 0.717) is 24.4 Å². The van der Waals surface area contributed by atoms with Crippen LogP contribution in [0.3, 0.4) is 0 Å². The first-order valence-electron chi connectivity index (χ1n) is 5.92. The van der Waals surface area contributed by atoms with Gasteiger partial charge in [-0.2, -0.15) is 0 Å². The van der Waals surface area contributed by atoms with Gasteiger partial charge in [0.25, 0.3) is 5.91 Å². The fourth-order valence-electron chi connectivity index (χ4n) is 2.00. The lowest BCUT2D eigenvalue weighted by atomic mass is 10.1. The van der Waals surface area contributed by atoms with E-state index in [2.05, 4.69) is 0 Å². The van der Waals surface area contributed by atoms with E-state index >= 15 is 0 Å². The molecule has 17 heavy (non-hydrogen) atoms. The third-order valence-electron chi connectivity index (χ3n) is 3.12. The predicted molar refractivity (Wildman–Crippen MR) is 66.9 cm³/mol. The van der Waals surface area contributed by atoms with Gasteiger partial charge in [0, 0.05) is 30.9 Å². The summed E-state index contributed by atoms with van der Waals surface area (Å²) in [6.07, 6.45) is 0.896. The Balaban J connectivity index is 2.20. The molecule has 2 rings (SSSR count). The lowest BCUT2D eigenvalue weighted by Crippen LogP contribution is -2.33. The molecule has 0 radical (unpaired) electrons. The van der Waals surface area contributed by atoms with E-state index in [4.69, 9.17) is 10.5 Å². The second-order valence-electron chi connectivity index (χ2n) is 4.28. The van der Waals surface area contributed by atoms with Gasteiger partial charge in [-0.1, -0.05) is 6.07 Å². The highest BCUT2D eigenvalue weighted by Crippen LogP contribution is 2.18. The lowest BCUT2D eigenvalue weighted by molar-refractivity contribution is 0.0740. The van der Waals surface area contributed by atoms with Crippen molar-refractivity contribution in [1.82, 2.24) is 4.90 Å². The van der Waals surface area contributed by atoms with E-state index in [0.717, 1.165) is 25.1 Å². The highest BCUT2D eigenvalue weighted by molar-refractivity contribution is 5.96. The van der Waals surface area contributed by atoms with Crippen LogP contribution in [0.5, 0.6) is 0 Å². The van der Waals surface area contributed by atoms with Crippen molar-refractivity contribution in [2.75, 3.05) is 32.0 Å². The van der Waals surface area contributed by atoms with Gasteiger partial charge in [-0.15, -0.1) is 0 Å². The molecular weight excluding hydrogens is 216 g/mol. The Kier molecular flexibility index (Phi) is 3.64. The fraction of sp³-hybridized carbons (Fsp3) is 0.462. The Bertz CT molecular complexity index is 410. The van der Waals surface area contributed by atoms with Crippen molar-refractivity contribution in [2.24, 2.45) is 0 Å². The number of nitrogens with zero attached hydrogens (tertiary/aromatic N) is 1. The van der Waals surface area contributed by atoms with Gasteiger partial charge in [0.2, 0.25) is 0 Å². The molecule has 0 spiro atoms. The summed E-state index contributed by atoms with van der Waals surface area (Å²) >= 11 is 0. The Labute approximate surface area is 101 Å². The van der Waals surface area contributed by atoms with Crippen molar-refractivity contribution < 1.29 is 9.53 Å². The number of ether oxygens (including phenoxy) is 1. The molecule has 0 saturated carbocycles. The molecule has 4 nitrogen and oxygen atoms in total. The van der Waals surface area contributed by atoms with Crippen molar-refractivity contribution in [3.8, 4) is 0 Å². The highest BCUT2D eigenvalue weighted by Gasteiger charge is 2.19. The summed E-state index contributed by atoms with van der Waals surface area (Å²) in [5, 5.41) is 0. The van der Waals surface area contributed by atoms with E-state index in [1.54, 1.807) is 0 Å². The molecule has 1 amide bonds. The number of carbonyl (C=O) groups is 1. The van der Waals surface area contributed by atoms with Crippen LogP contribution in [0.25, 0.3) is 0 Å². The van der Waals surface area contributed by atoms with Crippen molar-refractivity contribution in [3.05, 3.63) is 29.3 Å². The molecule has 1 aromatic rings. The molecule has 1 aliphatic heterocycles. The van der Waals surface area contributed by atoms with Crippen LogP contribution in [-0.4, -0.2) is 37.1 Å². The van der Waals surface area contributed by atoms with Crippen LogP contribution in [0.1, 0.15) is 22.3 Å². The Morgan fingerprint density at radius 3 is 3.00 bits per heavy atom. The molecular formula is C13H18N2O2. The third kappa shape index (κ3) is 2.58. The SMILES string of the molecule is Cc1c(N)cccc1C(=O)N1CCCOCC1. The number of amides is 1. The minimum absolute atomic E-state index is 0.0558. The van der Waals surface area contributed by atoms with Crippen LogP contribution < -0.4 is 5.73 Å². The third-order valence-corrected chi connectivity index (χ3v) is 3.12. The van der Waals surface area contributed by atoms with Crippen LogP contribution in [0.2, 0.25) is 0 Å². The number of carbonyl (C=O) groups excluding carboxylic acids is 1. The second-order valence-corrected chi connectivity index (χ2v) is 4.28. The van der Waals surface area contributed by atoms with Crippen molar-refractivity contribution in [3.63, 3.8) is 0 Å². The Morgan fingerprint density at radius 1 is 1.35 bits per heavy atom. The second kappa shape index (κ2) is 5.19. The molecule has 1 fully saturated rings. The van der Waals surface area contributed by atoms with Gasteiger partial charge in [0.15, 0.2) is 0 Å². The standard InChI is InChI=1S/C13H18N2O2/c1-10-11(4-2-5-12(10)14)13(16)15-6-3-8-17-9-7-15/h2,4-5H,3,6-9,14H2,1H3. The summed E-state index contributed by atoms with van der Waals surface area (Å²) in [7, 11) is 0.